The normalized spacial score (nSPS) is 24.3. The maximum Gasteiger partial charge on any atom is 0.242 e. The van der Waals surface area contributed by atoms with Crippen molar-refractivity contribution in [1.82, 2.24) is 9.78 Å². The SMILES string of the molecule is COc1cc(O)cc(OC)c1[C@H]1C2=CC[C@@H]3C(=O)N(c4ccc(Nc5ccccc5)cc4)C(=O)[C@@H]3[C@@H]2C[C@H]2C(=O)N(c3cc(-c4sc5ccc(Cl)cc5c4C)nn3C)C(=O)[C@@]12C. The zero-order valence-electron chi connectivity index (χ0n) is 34.5. The van der Waals surface area contributed by atoms with Gasteiger partial charge < -0.3 is 19.9 Å². The number of halogens is 1. The van der Waals surface area contributed by atoms with Crippen molar-refractivity contribution in [2.24, 2.45) is 36.1 Å². The molecule has 4 heterocycles. The lowest BCUT2D eigenvalue weighted by Gasteiger charge is -2.49. The number of nitrogens with one attached hydrogen (secondary N) is 1. The van der Waals surface area contributed by atoms with Crippen LogP contribution in [-0.4, -0.2) is 52.7 Å². The van der Waals surface area contributed by atoms with E-state index in [4.69, 9.17) is 26.2 Å². The second-order valence-corrected chi connectivity index (χ2v) is 18.2. The quantitative estimate of drug-likeness (QED) is 0.113. The zero-order chi connectivity index (χ0) is 43.4. The molecule has 6 aromatic rings. The van der Waals surface area contributed by atoms with Crippen LogP contribution in [0.1, 0.15) is 36.8 Å². The van der Waals surface area contributed by atoms with Gasteiger partial charge in [0.25, 0.3) is 0 Å². The molecule has 6 atom stereocenters. The van der Waals surface area contributed by atoms with Gasteiger partial charge in [-0.2, -0.15) is 5.10 Å². The number of ether oxygens (including phenoxy) is 2. The van der Waals surface area contributed by atoms with Crippen LogP contribution in [0.25, 0.3) is 20.7 Å². The van der Waals surface area contributed by atoms with Gasteiger partial charge in [0.05, 0.1) is 48.0 Å². The number of aromatic nitrogens is 2. The van der Waals surface area contributed by atoms with E-state index in [1.54, 1.807) is 48.2 Å². The first-order valence-electron chi connectivity index (χ1n) is 20.4. The fraction of sp³-hybridized carbons (Fsp3) is 0.271. The standard InChI is InChI=1S/C48H42ClN5O7S/c1-24-32-19-25(49)11-18-38(32)62-43(24)35-23-39(52(3)51-35)54-45(57)34-22-33-30(42(48(34,2)47(54)59)41-36(60-4)20-29(55)21-37(41)61-5)16-17-31-40(33)46(58)53(44(31)56)28-14-12-27(13-15-28)50-26-9-7-6-8-10-26/h6-16,18-21,23,31,33-34,40,42,50,55H,17,22H2,1-5H3/t31-,33+,34-,40-,42+,48+/m0/s1. The summed E-state index contributed by atoms with van der Waals surface area (Å²) in [7, 11) is 4.65. The van der Waals surface area contributed by atoms with Crippen molar-refractivity contribution in [2.75, 3.05) is 29.3 Å². The number of allylic oxidation sites excluding steroid dienone is 2. The number of benzene rings is 4. The molecule has 10 rings (SSSR count). The minimum absolute atomic E-state index is 0.108. The molecule has 2 saturated heterocycles. The summed E-state index contributed by atoms with van der Waals surface area (Å²) in [5, 5.41) is 20.5. The number of aryl methyl sites for hydroxylation is 2. The predicted molar refractivity (Wildman–Crippen MR) is 238 cm³/mol. The smallest absolute Gasteiger partial charge is 0.242 e. The van der Waals surface area contributed by atoms with E-state index in [2.05, 4.69) is 5.32 Å². The number of imide groups is 2. The summed E-state index contributed by atoms with van der Waals surface area (Å²) in [5.41, 5.74) is 3.56. The van der Waals surface area contributed by atoms with Gasteiger partial charge in [-0.05, 0) is 98.2 Å². The number of aromatic hydroxyl groups is 1. The van der Waals surface area contributed by atoms with E-state index in [9.17, 15) is 14.7 Å². The lowest BCUT2D eigenvalue weighted by atomic mass is 9.51. The molecule has 2 aliphatic heterocycles. The maximum atomic E-state index is 15.4. The summed E-state index contributed by atoms with van der Waals surface area (Å²) in [6.45, 7) is 3.80. The van der Waals surface area contributed by atoms with Crippen molar-refractivity contribution in [1.29, 1.82) is 0 Å². The molecule has 314 valence electrons. The van der Waals surface area contributed by atoms with Crippen molar-refractivity contribution in [2.45, 2.75) is 32.6 Å². The van der Waals surface area contributed by atoms with Gasteiger partial charge in [-0.15, -0.1) is 11.3 Å². The summed E-state index contributed by atoms with van der Waals surface area (Å²) in [6.07, 6.45) is 2.38. The number of thiophene rings is 1. The summed E-state index contributed by atoms with van der Waals surface area (Å²) in [6, 6.07) is 27.3. The number of hydrogen-bond donors (Lipinski definition) is 2. The highest BCUT2D eigenvalue weighted by atomic mass is 35.5. The van der Waals surface area contributed by atoms with Crippen molar-refractivity contribution >= 4 is 79.5 Å². The summed E-state index contributed by atoms with van der Waals surface area (Å²) in [4.78, 5) is 63.1. The largest absolute Gasteiger partial charge is 0.508 e. The van der Waals surface area contributed by atoms with Crippen molar-refractivity contribution in [3.8, 4) is 27.8 Å². The van der Waals surface area contributed by atoms with Crippen molar-refractivity contribution in [3.05, 3.63) is 119 Å². The van der Waals surface area contributed by atoms with Gasteiger partial charge in [0, 0.05) is 57.8 Å². The van der Waals surface area contributed by atoms with Crippen LogP contribution in [0, 0.1) is 36.0 Å². The number of carbonyl (C=O) groups excluding carboxylic acids is 4. The Morgan fingerprint density at radius 1 is 0.855 bits per heavy atom. The minimum Gasteiger partial charge on any atom is -0.508 e. The number of phenolic OH excluding ortho intramolecular Hbond substituents is 1. The first-order valence-corrected chi connectivity index (χ1v) is 21.6. The molecule has 2 N–H and O–H groups in total. The van der Waals surface area contributed by atoms with E-state index in [1.165, 1.54) is 36.2 Å². The van der Waals surface area contributed by atoms with E-state index in [0.717, 1.165) is 37.5 Å². The van der Waals surface area contributed by atoms with Crippen LogP contribution in [0.15, 0.2) is 103 Å². The van der Waals surface area contributed by atoms with E-state index in [-0.39, 0.29) is 41.9 Å². The Labute approximate surface area is 366 Å². The highest BCUT2D eigenvalue weighted by Crippen LogP contribution is 2.66. The number of amides is 4. The molecule has 14 heteroatoms. The number of anilines is 4. The Balaban J connectivity index is 1.06. The molecule has 12 nitrogen and oxygen atoms in total. The molecule has 4 aliphatic rings. The van der Waals surface area contributed by atoms with Gasteiger partial charge in [-0.3, -0.25) is 28.8 Å². The molecule has 0 bridgehead atoms. The van der Waals surface area contributed by atoms with Crippen LogP contribution in [0.2, 0.25) is 5.02 Å². The fourth-order valence-corrected chi connectivity index (χ4v) is 11.9. The van der Waals surface area contributed by atoms with Crippen LogP contribution in [0.5, 0.6) is 17.2 Å². The number of methoxy groups -OCH3 is 2. The van der Waals surface area contributed by atoms with E-state index in [1.807, 2.05) is 73.7 Å². The van der Waals surface area contributed by atoms with Gasteiger partial charge in [-0.1, -0.05) is 41.4 Å². The number of nitrogens with zero attached hydrogens (tertiary/aromatic N) is 4. The molecule has 3 fully saturated rings. The molecular weight excluding hydrogens is 826 g/mol. The summed E-state index contributed by atoms with van der Waals surface area (Å²) >= 11 is 7.91. The molecule has 4 aromatic carbocycles. The van der Waals surface area contributed by atoms with Gasteiger partial charge in [0.1, 0.15) is 28.8 Å². The Morgan fingerprint density at radius 2 is 1.55 bits per heavy atom. The number of phenols is 1. The number of para-hydroxylation sites is 1. The molecule has 62 heavy (non-hydrogen) atoms. The molecule has 0 radical (unpaired) electrons. The van der Waals surface area contributed by atoms with E-state index in [0.29, 0.717) is 27.8 Å². The summed E-state index contributed by atoms with van der Waals surface area (Å²) < 4.78 is 14.4. The topological polar surface area (TPSA) is 143 Å². The summed E-state index contributed by atoms with van der Waals surface area (Å²) in [5.74, 6) is -4.62. The van der Waals surface area contributed by atoms with Gasteiger partial charge in [0.2, 0.25) is 23.6 Å². The first kappa shape index (κ1) is 39.7. The lowest BCUT2D eigenvalue weighted by Crippen LogP contribution is -2.49. The van der Waals surface area contributed by atoms with Gasteiger partial charge in [0.15, 0.2) is 0 Å². The first-order chi connectivity index (χ1) is 29.8. The van der Waals surface area contributed by atoms with Gasteiger partial charge >= 0.3 is 0 Å². The predicted octanol–water partition coefficient (Wildman–Crippen LogP) is 9.17. The third-order valence-electron chi connectivity index (χ3n) is 13.5. The molecule has 2 aliphatic carbocycles. The zero-order valence-corrected chi connectivity index (χ0v) is 36.1. The minimum atomic E-state index is -1.41. The van der Waals surface area contributed by atoms with Crippen LogP contribution < -0.4 is 24.6 Å². The second kappa shape index (κ2) is 14.6. The average molecular weight is 868 g/mol. The van der Waals surface area contributed by atoms with Crippen molar-refractivity contribution < 1.29 is 33.8 Å². The molecular formula is C48H42ClN5O7S. The van der Waals surface area contributed by atoms with Gasteiger partial charge in [-0.25, -0.2) is 4.90 Å². The highest BCUT2D eigenvalue weighted by molar-refractivity contribution is 7.22. The number of rotatable bonds is 8. The van der Waals surface area contributed by atoms with Crippen LogP contribution in [0.3, 0.4) is 0 Å². The Kier molecular flexibility index (Phi) is 9.34. The van der Waals surface area contributed by atoms with E-state index < -0.39 is 46.8 Å². The third-order valence-corrected chi connectivity index (χ3v) is 15.0. The second-order valence-electron chi connectivity index (χ2n) is 16.7. The lowest BCUT2D eigenvalue weighted by molar-refractivity contribution is -0.131. The molecule has 0 unspecified atom stereocenters. The molecule has 4 amide bonds. The van der Waals surface area contributed by atoms with Crippen LogP contribution >= 0.6 is 22.9 Å². The molecule has 1 saturated carbocycles. The average Bonchev–Trinajstić information content (AvgIpc) is 3.94. The number of fused-ring (bicyclic) bond motifs is 5. The van der Waals surface area contributed by atoms with E-state index >= 15 is 9.59 Å². The van der Waals surface area contributed by atoms with Crippen molar-refractivity contribution in [3.63, 3.8) is 0 Å². The molecule has 0 spiro atoms. The third kappa shape index (κ3) is 5.81. The van der Waals surface area contributed by atoms with Crippen LogP contribution in [-0.2, 0) is 26.2 Å². The highest BCUT2D eigenvalue weighted by Gasteiger charge is 2.68. The maximum absolute atomic E-state index is 15.4. The monoisotopic (exact) mass is 867 g/mol. The number of hydrogen-bond acceptors (Lipinski definition) is 10. The fourth-order valence-electron chi connectivity index (χ4n) is 10.6. The Morgan fingerprint density at radius 3 is 2.24 bits per heavy atom. The Hall–Kier alpha value is -6.44. The molecule has 2 aromatic heterocycles. The number of carbonyl (C=O) groups is 4. The Bertz CT molecular complexity index is 2880. The van der Waals surface area contributed by atoms with Crippen LogP contribution in [0.4, 0.5) is 22.9 Å².